The molecule has 3 heteroatoms. The Kier molecular flexibility index (Phi) is 3.41. The van der Waals surface area contributed by atoms with Crippen LogP contribution in [0.2, 0.25) is 0 Å². The van der Waals surface area contributed by atoms with E-state index in [1.54, 1.807) is 12.2 Å². The first kappa shape index (κ1) is 9.69. The average Bonchev–Trinajstić information content (AvgIpc) is 2.14. The first-order valence-electron chi connectivity index (χ1n) is 4.12. The van der Waals surface area contributed by atoms with Gasteiger partial charge < -0.3 is 4.74 Å². The van der Waals surface area contributed by atoms with Crippen molar-refractivity contribution in [1.29, 1.82) is 5.26 Å². The Morgan fingerprint density at radius 2 is 2.23 bits per heavy atom. The van der Waals surface area contributed by atoms with E-state index in [0.29, 0.717) is 12.8 Å². The molecule has 0 N–H and O–H groups in total. The first-order chi connectivity index (χ1) is 6.26. The fourth-order valence-corrected chi connectivity index (χ4v) is 1.26. The predicted octanol–water partition coefficient (Wildman–Crippen LogP) is 1.37. The molecular weight excluding hydrogens is 166 g/mol. The molecule has 0 aliphatic carbocycles. The fraction of sp³-hybridized carbons (Fsp3) is 0.400. The van der Waals surface area contributed by atoms with Crippen molar-refractivity contribution in [3.8, 4) is 6.07 Å². The third kappa shape index (κ3) is 2.85. The highest BCUT2D eigenvalue weighted by atomic mass is 16.5. The minimum atomic E-state index is -0.260. The van der Waals surface area contributed by atoms with Crippen molar-refractivity contribution in [3.05, 3.63) is 24.8 Å². The van der Waals surface area contributed by atoms with Crippen molar-refractivity contribution in [1.82, 2.24) is 0 Å². The number of hydrogen-bond acceptors (Lipinski definition) is 3. The van der Waals surface area contributed by atoms with E-state index >= 15 is 0 Å². The van der Waals surface area contributed by atoms with E-state index in [9.17, 15) is 4.79 Å². The second-order valence-corrected chi connectivity index (χ2v) is 2.88. The van der Waals surface area contributed by atoms with Crippen molar-refractivity contribution in [2.24, 2.45) is 0 Å². The molecule has 1 heterocycles. The zero-order valence-corrected chi connectivity index (χ0v) is 7.27. The number of rotatable bonds is 2. The lowest BCUT2D eigenvalue weighted by Gasteiger charge is -2.24. The lowest BCUT2D eigenvalue weighted by atomic mass is 10.0. The summed E-state index contributed by atoms with van der Waals surface area (Å²) >= 11 is 0. The number of hydrogen-bond donors (Lipinski definition) is 0. The normalized spacial score (nSPS) is 28.7. The molecule has 3 nitrogen and oxygen atoms in total. The van der Waals surface area contributed by atoms with Crippen LogP contribution in [0.3, 0.4) is 0 Å². The molecule has 0 spiro atoms. The maximum absolute atomic E-state index is 11.2. The molecule has 1 aliphatic heterocycles. The topological polar surface area (TPSA) is 50.1 Å². The van der Waals surface area contributed by atoms with Gasteiger partial charge in [0.1, 0.15) is 5.78 Å². The van der Waals surface area contributed by atoms with Gasteiger partial charge in [-0.05, 0) is 6.08 Å². The Bertz CT molecular complexity index is 275. The highest BCUT2D eigenvalue weighted by Crippen LogP contribution is 2.17. The number of carbonyl (C=O) groups excluding carboxylic acids is 1. The Labute approximate surface area is 77.3 Å². The monoisotopic (exact) mass is 177 g/mol. The van der Waals surface area contributed by atoms with Crippen LogP contribution in [0.15, 0.2) is 24.8 Å². The lowest BCUT2D eigenvalue weighted by molar-refractivity contribution is -0.129. The van der Waals surface area contributed by atoms with E-state index in [-0.39, 0.29) is 18.0 Å². The van der Waals surface area contributed by atoms with E-state index in [1.807, 2.05) is 6.07 Å². The van der Waals surface area contributed by atoms with Gasteiger partial charge in [-0.25, -0.2) is 0 Å². The van der Waals surface area contributed by atoms with Crippen molar-refractivity contribution < 1.29 is 9.53 Å². The Morgan fingerprint density at radius 3 is 2.85 bits per heavy atom. The van der Waals surface area contributed by atoms with E-state index in [2.05, 4.69) is 6.58 Å². The quantitative estimate of drug-likeness (QED) is 0.472. The van der Waals surface area contributed by atoms with Crippen LogP contribution in [0.4, 0.5) is 0 Å². The maximum atomic E-state index is 11.2. The minimum Gasteiger partial charge on any atom is -0.366 e. The zero-order chi connectivity index (χ0) is 9.68. The highest BCUT2D eigenvalue weighted by Gasteiger charge is 2.23. The van der Waals surface area contributed by atoms with Gasteiger partial charge in [-0.2, -0.15) is 5.26 Å². The third-order valence-electron chi connectivity index (χ3n) is 1.86. The number of Topliss-reactive ketones (excluding diaryl/α,β-unsaturated/α-hetero) is 1. The molecule has 0 aromatic carbocycles. The number of ketones is 1. The van der Waals surface area contributed by atoms with Gasteiger partial charge in [0.25, 0.3) is 0 Å². The molecule has 0 radical (unpaired) electrons. The van der Waals surface area contributed by atoms with Crippen LogP contribution in [0.1, 0.15) is 12.8 Å². The summed E-state index contributed by atoms with van der Waals surface area (Å²) in [6.07, 6.45) is 4.86. The minimum absolute atomic E-state index is 0.156. The van der Waals surface area contributed by atoms with Gasteiger partial charge in [-0.15, -0.1) is 6.58 Å². The second-order valence-electron chi connectivity index (χ2n) is 2.88. The molecule has 68 valence electrons. The molecule has 1 fully saturated rings. The third-order valence-corrected chi connectivity index (χ3v) is 1.86. The van der Waals surface area contributed by atoms with Gasteiger partial charge >= 0.3 is 0 Å². The summed E-state index contributed by atoms with van der Waals surface area (Å²) in [5.74, 6) is 0.156. The fourth-order valence-electron chi connectivity index (χ4n) is 1.26. The van der Waals surface area contributed by atoms with Crippen LogP contribution < -0.4 is 0 Å². The largest absolute Gasteiger partial charge is 0.366 e. The number of allylic oxidation sites excluding steroid dienone is 1. The SMILES string of the molecule is C=C[C@H]1CC(=O)C[C@@H](/C=C/C#N)O1. The highest BCUT2D eigenvalue weighted by molar-refractivity contribution is 5.80. The smallest absolute Gasteiger partial charge is 0.138 e. The molecule has 0 saturated carbocycles. The molecule has 1 saturated heterocycles. The van der Waals surface area contributed by atoms with E-state index in [1.165, 1.54) is 6.08 Å². The van der Waals surface area contributed by atoms with Gasteiger partial charge in [-0.1, -0.05) is 6.08 Å². The van der Waals surface area contributed by atoms with Gasteiger partial charge in [-0.3, -0.25) is 4.79 Å². The second kappa shape index (κ2) is 4.58. The number of ether oxygens (including phenoxy) is 1. The number of carbonyl (C=O) groups is 1. The molecular formula is C10H11NO2. The van der Waals surface area contributed by atoms with Crippen LogP contribution in [-0.2, 0) is 9.53 Å². The van der Waals surface area contributed by atoms with Crippen LogP contribution in [0.5, 0.6) is 0 Å². The number of nitriles is 1. The maximum Gasteiger partial charge on any atom is 0.138 e. The summed E-state index contributed by atoms with van der Waals surface area (Å²) in [6, 6.07) is 1.86. The van der Waals surface area contributed by atoms with Gasteiger partial charge in [0.2, 0.25) is 0 Å². The molecule has 0 bridgehead atoms. The molecule has 2 atom stereocenters. The van der Waals surface area contributed by atoms with Crippen LogP contribution in [0, 0.1) is 11.3 Å². The van der Waals surface area contributed by atoms with Gasteiger partial charge in [0, 0.05) is 18.9 Å². The molecule has 0 amide bonds. The Balaban J connectivity index is 2.57. The average molecular weight is 177 g/mol. The molecule has 0 unspecified atom stereocenters. The van der Waals surface area contributed by atoms with Crippen molar-refractivity contribution in [2.45, 2.75) is 25.0 Å². The van der Waals surface area contributed by atoms with E-state index < -0.39 is 0 Å². The molecule has 1 aliphatic rings. The van der Waals surface area contributed by atoms with Crippen molar-refractivity contribution in [3.63, 3.8) is 0 Å². The van der Waals surface area contributed by atoms with Crippen LogP contribution in [0.25, 0.3) is 0 Å². The number of nitrogens with zero attached hydrogens (tertiary/aromatic N) is 1. The first-order valence-corrected chi connectivity index (χ1v) is 4.12. The standard InChI is InChI=1S/C10H11NO2/c1-2-9-6-8(12)7-10(13-9)4-3-5-11/h2-4,9-10H,1,6-7H2/b4-3+/t9-,10+/m0/s1. The predicted molar refractivity (Wildman–Crippen MR) is 47.9 cm³/mol. The summed E-state index contributed by atoms with van der Waals surface area (Å²) in [5, 5.41) is 8.29. The molecule has 13 heavy (non-hydrogen) atoms. The van der Waals surface area contributed by atoms with Crippen LogP contribution >= 0.6 is 0 Å². The summed E-state index contributed by atoms with van der Waals surface area (Å²) in [7, 11) is 0. The lowest BCUT2D eigenvalue weighted by Crippen LogP contribution is -2.30. The summed E-state index contributed by atoms with van der Waals surface area (Å²) in [5.41, 5.74) is 0. The summed E-state index contributed by atoms with van der Waals surface area (Å²) in [4.78, 5) is 11.2. The molecule has 0 aromatic heterocycles. The summed E-state index contributed by atoms with van der Waals surface area (Å²) in [6.45, 7) is 3.57. The molecule has 1 rings (SSSR count). The van der Waals surface area contributed by atoms with Gasteiger partial charge in [0.15, 0.2) is 0 Å². The Morgan fingerprint density at radius 1 is 1.54 bits per heavy atom. The molecule has 0 aromatic rings. The van der Waals surface area contributed by atoms with Crippen LogP contribution in [-0.4, -0.2) is 18.0 Å². The van der Waals surface area contributed by atoms with Crippen molar-refractivity contribution in [2.75, 3.05) is 0 Å². The summed E-state index contributed by atoms with van der Waals surface area (Å²) < 4.78 is 5.43. The zero-order valence-electron chi connectivity index (χ0n) is 7.27. The van der Waals surface area contributed by atoms with E-state index in [0.717, 1.165) is 0 Å². The Hall–Kier alpha value is -1.40. The van der Waals surface area contributed by atoms with Gasteiger partial charge in [0.05, 0.1) is 18.3 Å². The van der Waals surface area contributed by atoms with Crippen molar-refractivity contribution >= 4 is 5.78 Å². The van der Waals surface area contributed by atoms with E-state index in [4.69, 9.17) is 10.00 Å².